The largest absolute Gasteiger partial charge is 0.352 e. The Bertz CT molecular complexity index is 787. The summed E-state index contributed by atoms with van der Waals surface area (Å²) in [4.78, 5) is 24.7. The first kappa shape index (κ1) is 14.8. The summed E-state index contributed by atoms with van der Waals surface area (Å²) in [7, 11) is 0. The fourth-order valence-corrected chi connectivity index (χ4v) is 2.14. The number of allylic oxidation sites excluding steroid dienone is 3. The van der Waals surface area contributed by atoms with Gasteiger partial charge in [0, 0.05) is 0 Å². The Labute approximate surface area is 122 Å². The van der Waals surface area contributed by atoms with Crippen molar-refractivity contribution in [2.24, 2.45) is 0 Å². The molecule has 1 N–H and O–H groups in total. The molecule has 0 aliphatic rings. The highest BCUT2D eigenvalue weighted by atomic mass is 16.2. The molecular formula is C16H19N3O2. The maximum Gasteiger partial charge on any atom is 0.352 e. The molecule has 1 aromatic heterocycles. The summed E-state index contributed by atoms with van der Waals surface area (Å²) >= 11 is 0. The molecule has 0 saturated heterocycles. The van der Waals surface area contributed by atoms with E-state index in [2.05, 4.69) is 11.7 Å². The number of nitrogens with one attached hydrogen (secondary N) is 1. The van der Waals surface area contributed by atoms with Crippen LogP contribution in [0.4, 0.5) is 0 Å². The summed E-state index contributed by atoms with van der Waals surface area (Å²) in [5.74, 6) is 0. The van der Waals surface area contributed by atoms with Gasteiger partial charge in [-0.2, -0.15) is 0 Å². The van der Waals surface area contributed by atoms with Crippen molar-refractivity contribution >= 4 is 0 Å². The van der Waals surface area contributed by atoms with Crippen molar-refractivity contribution in [3.63, 3.8) is 0 Å². The number of H-pyrrole nitrogens is 1. The van der Waals surface area contributed by atoms with Crippen LogP contribution in [0.5, 0.6) is 0 Å². The monoisotopic (exact) mass is 285 g/mol. The second-order valence-corrected chi connectivity index (χ2v) is 5.28. The Hall–Kier alpha value is -2.56. The van der Waals surface area contributed by atoms with Crippen molar-refractivity contribution in [2.75, 3.05) is 0 Å². The number of para-hydroxylation sites is 1. The average molecular weight is 285 g/mol. The van der Waals surface area contributed by atoms with Gasteiger partial charge in [0.25, 0.3) is 0 Å². The summed E-state index contributed by atoms with van der Waals surface area (Å²) < 4.78 is 2.43. The number of hydrogen-bond donors (Lipinski definition) is 1. The smallest absolute Gasteiger partial charge is 0.246 e. The lowest BCUT2D eigenvalue weighted by Gasteiger charge is -2.13. The van der Waals surface area contributed by atoms with Crippen LogP contribution in [0.15, 0.2) is 63.7 Å². The molecule has 110 valence electrons. The maximum atomic E-state index is 12.5. The lowest BCUT2D eigenvalue weighted by atomic mass is 10.1. The van der Waals surface area contributed by atoms with Crippen LogP contribution < -0.4 is 11.4 Å². The summed E-state index contributed by atoms with van der Waals surface area (Å²) in [5, 5.41) is 2.60. The molecule has 0 saturated carbocycles. The van der Waals surface area contributed by atoms with E-state index in [0.717, 1.165) is 15.7 Å². The molecule has 0 bridgehead atoms. The van der Waals surface area contributed by atoms with Gasteiger partial charge in [0.2, 0.25) is 0 Å². The van der Waals surface area contributed by atoms with Gasteiger partial charge in [0.05, 0.1) is 11.7 Å². The van der Waals surface area contributed by atoms with Crippen LogP contribution in [-0.4, -0.2) is 14.3 Å². The number of aromatic amines is 1. The normalized spacial score (nSPS) is 12.0. The number of hydrogen-bond acceptors (Lipinski definition) is 2. The third-order valence-corrected chi connectivity index (χ3v) is 3.11. The third kappa shape index (κ3) is 2.97. The molecule has 2 rings (SSSR count). The Morgan fingerprint density at radius 3 is 2.33 bits per heavy atom. The van der Waals surface area contributed by atoms with E-state index in [-0.39, 0.29) is 6.04 Å². The van der Waals surface area contributed by atoms with Crippen LogP contribution in [0.2, 0.25) is 0 Å². The molecular weight excluding hydrogens is 266 g/mol. The van der Waals surface area contributed by atoms with Gasteiger partial charge in [-0.15, -0.1) is 0 Å². The minimum absolute atomic E-state index is 0.361. The molecule has 1 unspecified atom stereocenters. The molecule has 5 heteroatoms. The van der Waals surface area contributed by atoms with Gasteiger partial charge in [0.1, 0.15) is 0 Å². The van der Waals surface area contributed by atoms with Crippen LogP contribution in [0.3, 0.4) is 0 Å². The maximum absolute atomic E-state index is 12.5. The summed E-state index contributed by atoms with van der Waals surface area (Å²) in [6.45, 7) is 9.61. The Morgan fingerprint density at radius 1 is 1.19 bits per heavy atom. The number of benzene rings is 1. The molecule has 2 aromatic rings. The lowest BCUT2D eigenvalue weighted by Crippen LogP contribution is -2.29. The molecule has 0 fully saturated rings. The van der Waals surface area contributed by atoms with Crippen molar-refractivity contribution in [3.05, 3.63) is 75.1 Å². The minimum Gasteiger partial charge on any atom is -0.246 e. The molecule has 0 aliphatic carbocycles. The van der Waals surface area contributed by atoms with Crippen LogP contribution in [0.1, 0.15) is 26.8 Å². The van der Waals surface area contributed by atoms with Crippen molar-refractivity contribution < 1.29 is 0 Å². The highest BCUT2D eigenvalue weighted by Gasteiger charge is 2.17. The van der Waals surface area contributed by atoms with Gasteiger partial charge in [0.15, 0.2) is 0 Å². The van der Waals surface area contributed by atoms with E-state index in [1.54, 1.807) is 24.3 Å². The van der Waals surface area contributed by atoms with Crippen molar-refractivity contribution in [1.82, 2.24) is 14.3 Å². The summed E-state index contributed by atoms with van der Waals surface area (Å²) in [6.07, 6.45) is 1.90. The van der Waals surface area contributed by atoms with Gasteiger partial charge >= 0.3 is 11.4 Å². The Balaban J connectivity index is 2.64. The first-order chi connectivity index (χ1) is 9.91. The van der Waals surface area contributed by atoms with Gasteiger partial charge in [-0.25, -0.2) is 23.9 Å². The van der Waals surface area contributed by atoms with Gasteiger partial charge in [-0.3, -0.25) is 0 Å². The summed E-state index contributed by atoms with van der Waals surface area (Å²) in [5.41, 5.74) is 1.50. The molecule has 0 aliphatic heterocycles. The SMILES string of the molecule is C=C(C)C(C=C(C)C)n1[nH]c(=O)n(-c2ccccc2)c1=O. The van der Waals surface area contributed by atoms with Crippen LogP contribution >= 0.6 is 0 Å². The van der Waals surface area contributed by atoms with E-state index in [1.807, 2.05) is 32.9 Å². The van der Waals surface area contributed by atoms with Crippen molar-refractivity contribution in [3.8, 4) is 5.69 Å². The predicted molar refractivity (Wildman–Crippen MR) is 83.9 cm³/mol. The molecule has 1 heterocycles. The van der Waals surface area contributed by atoms with E-state index in [0.29, 0.717) is 5.69 Å². The number of aromatic nitrogens is 3. The van der Waals surface area contributed by atoms with Gasteiger partial charge < -0.3 is 0 Å². The zero-order chi connectivity index (χ0) is 15.6. The summed E-state index contributed by atoms with van der Waals surface area (Å²) in [6, 6.07) is 8.48. The highest BCUT2D eigenvalue weighted by molar-refractivity contribution is 5.30. The minimum atomic E-state index is -0.459. The van der Waals surface area contributed by atoms with Gasteiger partial charge in [-0.1, -0.05) is 42.0 Å². The Kier molecular flexibility index (Phi) is 4.12. The average Bonchev–Trinajstić information content (AvgIpc) is 2.71. The van der Waals surface area contributed by atoms with Gasteiger partial charge in [-0.05, 0) is 32.9 Å². The van der Waals surface area contributed by atoms with E-state index in [9.17, 15) is 9.59 Å². The van der Waals surface area contributed by atoms with Crippen molar-refractivity contribution in [2.45, 2.75) is 26.8 Å². The van der Waals surface area contributed by atoms with Crippen LogP contribution in [-0.2, 0) is 0 Å². The zero-order valence-corrected chi connectivity index (χ0v) is 12.5. The molecule has 1 atom stereocenters. The standard InChI is InChI=1S/C16H19N3O2/c1-11(2)10-14(12(3)4)19-16(21)18(15(20)17-19)13-8-6-5-7-9-13/h5-10,14H,3H2,1-2,4H3,(H,17,20). The van der Waals surface area contributed by atoms with E-state index in [4.69, 9.17) is 0 Å². The third-order valence-electron chi connectivity index (χ3n) is 3.11. The van der Waals surface area contributed by atoms with Crippen molar-refractivity contribution in [1.29, 1.82) is 0 Å². The van der Waals surface area contributed by atoms with E-state index >= 15 is 0 Å². The number of nitrogens with zero attached hydrogens (tertiary/aromatic N) is 2. The van der Waals surface area contributed by atoms with E-state index < -0.39 is 11.4 Å². The lowest BCUT2D eigenvalue weighted by molar-refractivity contribution is 0.572. The fourth-order valence-electron chi connectivity index (χ4n) is 2.14. The highest BCUT2D eigenvalue weighted by Crippen LogP contribution is 2.16. The van der Waals surface area contributed by atoms with E-state index in [1.165, 1.54) is 4.68 Å². The Morgan fingerprint density at radius 2 is 1.81 bits per heavy atom. The molecule has 0 amide bonds. The fraction of sp³-hybridized carbons (Fsp3) is 0.250. The van der Waals surface area contributed by atoms with Crippen LogP contribution in [0.25, 0.3) is 5.69 Å². The quantitative estimate of drug-likeness (QED) is 0.877. The first-order valence-electron chi connectivity index (χ1n) is 6.71. The van der Waals surface area contributed by atoms with Crippen LogP contribution in [0, 0.1) is 0 Å². The molecule has 1 aromatic carbocycles. The number of rotatable bonds is 4. The molecule has 0 radical (unpaired) electrons. The molecule has 0 spiro atoms. The zero-order valence-electron chi connectivity index (χ0n) is 12.5. The second-order valence-electron chi connectivity index (χ2n) is 5.28. The first-order valence-corrected chi connectivity index (χ1v) is 6.71. The second kappa shape index (κ2) is 5.83. The topological polar surface area (TPSA) is 59.8 Å². The molecule has 21 heavy (non-hydrogen) atoms. The molecule has 5 nitrogen and oxygen atoms in total. The predicted octanol–water partition coefficient (Wildman–Crippen LogP) is 2.41.